The zero-order valence-electron chi connectivity index (χ0n) is 8.51. The first kappa shape index (κ1) is 10.6. The first-order valence-corrected chi connectivity index (χ1v) is 4.31. The van der Waals surface area contributed by atoms with Crippen molar-refractivity contribution in [1.29, 1.82) is 0 Å². The van der Waals surface area contributed by atoms with Crippen molar-refractivity contribution in [2.24, 2.45) is 0 Å². The van der Waals surface area contributed by atoms with E-state index in [1.807, 2.05) is 13.8 Å². The molecule has 1 aliphatic rings. The van der Waals surface area contributed by atoms with Gasteiger partial charge < -0.3 is 15.4 Å². The molecule has 1 heterocycles. The molecule has 0 radical (unpaired) electrons. The molecule has 0 aromatic heterocycles. The topological polar surface area (TPSA) is 67.4 Å². The second kappa shape index (κ2) is 3.69. The van der Waals surface area contributed by atoms with Crippen molar-refractivity contribution in [3.8, 4) is 0 Å². The standard InChI is InChI=1S/C9H14N2O3/c1-9(2)5-10-6(8(13)11-9)4-7(12)14-3/h4,10H,5H2,1-3H3,(H,11,13). The van der Waals surface area contributed by atoms with Crippen molar-refractivity contribution in [3.63, 3.8) is 0 Å². The Bertz CT molecular complexity index is 294. The van der Waals surface area contributed by atoms with Gasteiger partial charge in [0.1, 0.15) is 5.70 Å². The molecule has 0 bridgehead atoms. The number of carbonyl (C=O) groups excluding carboxylic acids is 2. The van der Waals surface area contributed by atoms with Crippen LogP contribution in [-0.4, -0.2) is 31.1 Å². The fraction of sp³-hybridized carbons (Fsp3) is 0.556. The van der Waals surface area contributed by atoms with Gasteiger partial charge in [0.25, 0.3) is 5.91 Å². The van der Waals surface area contributed by atoms with Gasteiger partial charge in [-0.2, -0.15) is 0 Å². The molecule has 0 atom stereocenters. The zero-order valence-corrected chi connectivity index (χ0v) is 8.51. The molecule has 1 fully saturated rings. The van der Waals surface area contributed by atoms with Crippen molar-refractivity contribution in [3.05, 3.63) is 11.8 Å². The van der Waals surface area contributed by atoms with Crippen molar-refractivity contribution in [2.45, 2.75) is 19.4 Å². The van der Waals surface area contributed by atoms with E-state index in [0.717, 1.165) is 6.08 Å². The molecule has 14 heavy (non-hydrogen) atoms. The maximum atomic E-state index is 11.4. The van der Waals surface area contributed by atoms with E-state index in [1.165, 1.54) is 7.11 Å². The summed E-state index contributed by atoms with van der Waals surface area (Å²) < 4.78 is 4.42. The number of piperazine rings is 1. The smallest absolute Gasteiger partial charge is 0.332 e. The van der Waals surface area contributed by atoms with Crippen molar-refractivity contribution < 1.29 is 14.3 Å². The first-order chi connectivity index (χ1) is 6.44. The third-order valence-corrected chi connectivity index (χ3v) is 1.88. The Kier molecular flexibility index (Phi) is 2.78. The molecular weight excluding hydrogens is 184 g/mol. The Morgan fingerprint density at radius 2 is 2.21 bits per heavy atom. The van der Waals surface area contributed by atoms with E-state index < -0.39 is 5.97 Å². The molecule has 0 unspecified atom stereocenters. The van der Waals surface area contributed by atoms with E-state index >= 15 is 0 Å². The highest BCUT2D eigenvalue weighted by atomic mass is 16.5. The van der Waals surface area contributed by atoms with Crippen LogP contribution in [-0.2, 0) is 14.3 Å². The van der Waals surface area contributed by atoms with Crippen LogP contribution in [0.2, 0.25) is 0 Å². The van der Waals surface area contributed by atoms with Gasteiger partial charge in [0.05, 0.1) is 18.7 Å². The molecule has 0 aromatic carbocycles. The molecule has 1 amide bonds. The number of amides is 1. The van der Waals surface area contributed by atoms with Crippen LogP contribution in [0, 0.1) is 0 Å². The van der Waals surface area contributed by atoms with Gasteiger partial charge in [0, 0.05) is 6.54 Å². The summed E-state index contributed by atoms with van der Waals surface area (Å²) in [4.78, 5) is 22.3. The SMILES string of the molecule is COC(=O)C=C1NCC(C)(C)NC1=O. The van der Waals surface area contributed by atoms with Gasteiger partial charge in [-0.25, -0.2) is 4.79 Å². The molecule has 5 nitrogen and oxygen atoms in total. The number of rotatable bonds is 1. The third kappa shape index (κ3) is 2.48. The predicted octanol–water partition coefficient (Wildman–Crippen LogP) is -0.459. The van der Waals surface area contributed by atoms with E-state index in [2.05, 4.69) is 15.4 Å². The normalized spacial score (nSPS) is 22.5. The molecule has 0 aliphatic carbocycles. The Balaban J connectivity index is 2.72. The number of methoxy groups -OCH3 is 1. The molecule has 2 N–H and O–H groups in total. The van der Waals surface area contributed by atoms with Crippen LogP contribution in [0.1, 0.15) is 13.8 Å². The van der Waals surface area contributed by atoms with Gasteiger partial charge in [-0.1, -0.05) is 0 Å². The number of ether oxygens (including phenoxy) is 1. The summed E-state index contributed by atoms with van der Waals surface area (Å²) in [5.41, 5.74) is -0.0407. The molecule has 0 spiro atoms. The summed E-state index contributed by atoms with van der Waals surface area (Å²) in [6.45, 7) is 4.38. The summed E-state index contributed by atoms with van der Waals surface area (Å²) in [7, 11) is 1.27. The van der Waals surface area contributed by atoms with Gasteiger partial charge in [-0.15, -0.1) is 0 Å². The zero-order chi connectivity index (χ0) is 10.8. The van der Waals surface area contributed by atoms with Gasteiger partial charge in [0.2, 0.25) is 0 Å². The van der Waals surface area contributed by atoms with Gasteiger partial charge >= 0.3 is 5.97 Å². The highest BCUT2D eigenvalue weighted by Crippen LogP contribution is 2.08. The van der Waals surface area contributed by atoms with Crippen LogP contribution < -0.4 is 10.6 Å². The summed E-state index contributed by atoms with van der Waals surface area (Å²) in [5.74, 6) is -0.825. The van der Waals surface area contributed by atoms with Gasteiger partial charge in [-0.05, 0) is 13.8 Å². The highest BCUT2D eigenvalue weighted by Gasteiger charge is 2.28. The van der Waals surface area contributed by atoms with E-state index in [1.54, 1.807) is 0 Å². The lowest BCUT2D eigenvalue weighted by Gasteiger charge is -2.32. The van der Waals surface area contributed by atoms with E-state index in [9.17, 15) is 9.59 Å². The van der Waals surface area contributed by atoms with E-state index in [0.29, 0.717) is 6.54 Å². The average molecular weight is 198 g/mol. The van der Waals surface area contributed by atoms with Crippen LogP contribution in [0.4, 0.5) is 0 Å². The quantitative estimate of drug-likeness (QED) is 0.442. The number of esters is 1. The fourth-order valence-corrected chi connectivity index (χ4v) is 1.11. The summed E-state index contributed by atoms with van der Waals surface area (Å²) in [5, 5.41) is 5.63. The lowest BCUT2D eigenvalue weighted by molar-refractivity contribution is -0.135. The van der Waals surface area contributed by atoms with Crippen molar-refractivity contribution >= 4 is 11.9 Å². The fourth-order valence-electron chi connectivity index (χ4n) is 1.11. The van der Waals surface area contributed by atoms with Crippen LogP contribution in [0.15, 0.2) is 11.8 Å². The summed E-state index contributed by atoms with van der Waals surface area (Å²) >= 11 is 0. The maximum absolute atomic E-state index is 11.4. The number of carbonyl (C=O) groups is 2. The minimum atomic E-state index is -0.539. The molecule has 1 saturated heterocycles. The Labute approximate surface area is 82.5 Å². The monoisotopic (exact) mass is 198 g/mol. The Morgan fingerprint density at radius 1 is 1.57 bits per heavy atom. The molecule has 78 valence electrons. The second-order valence-electron chi connectivity index (χ2n) is 3.77. The Hall–Kier alpha value is -1.52. The third-order valence-electron chi connectivity index (χ3n) is 1.88. The summed E-state index contributed by atoms with van der Waals surface area (Å²) in [6.07, 6.45) is 1.14. The van der Waals surface area contributed by atoms with Crippen LogP contribution in [0.3, 0.4) is 0 Å². The van der Waals surface area contributed by atoms with Crippen molar-refractivity contribution in [2.75, 3.05) is 13.7 Å². The summed E-state index contributed by atoms with van der Waals surface area (Å²) in [6, 6.07) is 0. The molecule has 0 saturated carbocycles. The number of hydrogen-bond acceptors (Lipinski definition) is 4. The van der Waals surface area contributed by atoms with Crippen LogP contribution in [0.5, 0.6) is 0 Å². The lowest BCUT2D eigenvalue weighted by Crippen LogP contribution is -2.57. The first-order valence-electron chi connectivity index (χ1n) is 4.31. The minimum Gasteiger partial charge on any atom is -0.466 e. The average Bonchev–Trinajstić information content (AvgIpc) is 2.09. The minimum absolute atomic E-state index is 0.246. The number of nitrogens with one attached hydrogen (secondary N) is 2. The molecule has 0 aromatic rings. The van der Waals surface area contributed by atoms with Crippen molar-refractivity contribution in [1.82, 2.24) is 10.6 Å². The predicted molar refractivity (Wildman–Crippen MR) is 50.3 cm³/mol. The van der Waals surface area contributed by atoms with Gasteiger partial charge in [0.15, 0.2) is 0 Å². The molecule has 5 heteroatoms. The van der Waals surface area contributed by atoms with E-state index in [-0.39, 0.29) is 17.1 Å². The van der Waals surface area contributed by atoms with E-state index in [4.69, 9.17) is 0 Å². The van der Waals surface area contributed by atoms with Crippen LogP contribution >= 0.6 is 0 Å². The lowest BCUT2D eigenvalue weighted by atomic mass is 10.0. The highest BCUT2D eigenvalue weighted by molar-refractivity contribution is 5.99. The van der Waals surface area contributed by atoms with Crippen LogP contribution in [0.25, 0.3) is 0 Å². The molecular formula is C9H14N2O3. The maximum Gasteiger partial charge on any atom is 0.332 e. The Morgan fingerprint density at radius 3 is 2.71 bits per heavy atom. The number of hydrogen-bond donors (Lipinski definition) is 2. The van der Waals surface area contributed by atoms with Gasteiger partial charge in [-0.3, -0.25) is 4.79 Å². The molecule has 1 rings (SSSR count). The second-order valence-corrected chi connectivity index (χ2v) is 3.77. The molecule has 1 aliphatic heterocycles. The largest absolute Gasteiger partial charge is 0.466 e.